The summed E-state index contributed by atoms with van der Waals surface area (Å²) in [6.07, 6.45) is 0.813. The first kappa shape index (κ1) is 12.8. The van der Waals surface area contributed by atoms with Crippen LogP contribution in [0.2, 0.25) is 0 Å². The predicted octanol–water partition coefficient (Wildman–Crippen LogP) is 3.16. The lowest BCUT2D eigenvalue weighted by atomic mass is 10.2. The maximum absolute atomic E-state index is 4.47. The molecular formula is C15H16N2S. The summed E-state index contributed by atoms with van der Waals surface area (Å²) in [6, 6.07) is 10.2. The first-order chi connectivity index (χ1) is 8.70. The highest BCUT2D eigenvalue weighted by molar-refractivity contribution is 7.80. The molecular weight excluding hydrogens is 240 g/mol. The average molecular weight is 256 g/mol. The smallest absolute Gasteiger partial charge is 0.0661 e. The summed E-state index contributed by atoms with van der Waals surface area (Å²) in [5, 5.41) is 4.47. The maximum atomic E-state index is 4.47. The third kappa shape index (κ3) is 2.96. The first-order valence-electron chi connectivity index (χ1n) is 5.94. The van der Waals surface area contributed by atoms with Crippen molar-refractivity contribution in [2.24, 2.45) is 0 Å². The van der Waals surface area contributed by atoms with E-state index in [-0.39, 0.29) is 0 Å². The van der Waals surface area contributed by atoms with Crippen LogP contribution < -0.4 is 0 Å². The number of thiol groups is 1. The minimum atomic E-state index is 0.796. The Morgan fingerprint density at radius 3 is 2.78 bits per heavy atom. The van der Waals surface area contributed by atoms with Crippen molar-refractivity contribution in [3.05, 3.63) is 47.3 Å². The average Bonchev–Trinajstić information content (AvgIpc) is 2.69. The monoisotopic (exact) mass is 256 g/mol. The van der Waals surface area contributed by atoms with E-state index in [4.69, 9.17) is 0 Å². The van der Waals surface area contributed by atoms with Gasteiger partial charge in [-0.2, -0.15) is 17.7 Å². The highest BCUT2D eigenvalue weighted by atomic mass is 32.1. The van der Waals surface area contributed by atoms with Gasteiger partial charge in [-0.25, -0.2) is 4.68 Å². The fraction of sp³-hybridized carbons (Fsp3) is 0.267. The Bertz CT molecular complexity index is 602. The number of aromatic nitrogens is 2. The normalized spacial score (nSPS) is 9.94. The van der Waals surface area contributed by atoms with E-state index in [0.29, 0.717) is 0 Å². The van der Waals surface area contributed by atoms with E-state index < -0.39 is 0 Å². The summed E-state index contributed by atoms with van der Waals surface area (Å²) in [5.41, 5.74) is 4.23. The highest BCUT2D eigenvalue weighted by Gasteiger charge is 2.03. The Labute approximate surface area is 113 Å². The minimum Gasteiger partial charge on any atom is -0.238 e. The molecule has 0 aliphatic rings. The molecule has 0 bridgehead atoms. The number of benzene rings is 1. The Morgan fingerprint density at radius 2 is 2.11 bits per heavy atom. The van der Waals surface area contributed by atoms with Crippen molar-refractivity contribution in [1.29, 1.82) is 0 Å². The van der Waals surface area contributed by atoms with Gasteiger partial charge in [-0.3, -0.25) is 0 Å². The van der Waals surface area contributed by atoms with Crippen LogP contribution in [-0.2, 0) is 0 Å². The third-order valence-corrected chi connectivity index (χ3v) is 2.79. The topological polar surface area (TPSA) is 17.8 Å². The summed E-state index contributed by atoms with van der Waals surface area (Å²) in [7, 11) is 0. The van der Waals surface area contributed by atoms with E-state index in [9.17, 15) is 0 Å². The van der Waals surface area contributed by atoms with Crippen molar-refractivity contribution in [2.75, 3.05) is 5.75 Å². The van der Waals surface area contributed by atoms with E-state index in [0.717, 1.165) is 34.8 Å². The summed E-state index contributed by atoms with van der Waals surface area (Å²) < 4.78 is 1.94. The molecule has 18 heavy (non-hydrogen) atoms. The molecule has 0 radical (unpaired) electrons. The summed E-state index contributed by atoms with van der Waals surface area (Å²) in [4.78, 5) is 0. The van der Waals surface area contributed by atoms with Crippen molar-refractivity contribution in [1.82, 2.24) is 9.78 Å². The van der Waals surface area contributed by atoms with Gasteiger partial charge in [-0.05, 0) is 38.1 Å². The molecule has 2 aromatic rings. The van der Waals surface area contributed by atoms with Gasteiger partial charge in [0.2, 0.25) is 0 Å². The second-order valence-corrected chi connectivity index (χ2v) is 4.61. The molecule has 3 heteroatoms. The van der Waals surface area contributed by atoms with Gasteiger partial charge in [0, 0.05) is 23.4 Å². The lowest BCUT2D eigenvalue weighted by molar-refractivity contribution is 0.833. The second kappa shape index (κ2) is 5.79. The van der Waals surface area contributed by atoms with Gasteiger partial charge in [0.15, 0.2) is 0 Å². The molecule has 1 aromatic carbocycles. The Hall–Kier alpha value is -1.66. The molecule has 0 amide bonds. The zero-order valence-electron chi connectivity index (χ0n) is 10.6. The van der Waals surface area contributed by atoms with Crippen LogP contribution >= 0.6 is 12.6 Å². The Balaban J connectivity index is 2.33. The minimum absolute atomic E-state index is 0.796. The van der Waals surface area contributed by atoms with Crippen LogP contribution in [0.1, 0.15) is 23.4 Å². The molecule has 92 valence electrons. The SMILES string of the molecule is Cc1cc(C)n(-c2cccc(C#CCCS)c2)n1. The third-order valence-electron chi connectivity index (χ3n) is 2.57. The zero-order chi connectivity index (χ0) is 13.0. The molecule has 2 nitrogen and oxygen atoms in total. The number of nitrogens with zero attached hydrogens (tertiary/aromatic N) is 2. The fourth-order valence-corrected chi connectivity index (χ4v) is 1.94. The number of hydrogen-bond donors (Lipinski definition) is 1. The van der Waals surface area contributed by atoms with Gasteiger partial charge in [-0.1, -0.05) is 17.9 Å². The molecule has 1 aromatic heterocycles. The standard InChI is InChI=1S/C15H16N2S/c1-12-10-13(2)17(16-12)15-8-5-7-14(11-15)6-3-4-9-18/h5,7-8,10-11,18H,4,9H2,1-2H3. The quantitative estimate of drug-likeness (QED) is 0.645. The highest BCUT2D eigenvalue weighted by Crippen LogP contribution is 2.13. The molecule has 0 fully saturated rings. The van der Waals surface area contributed by atoms with Gasteiger partial charge in [0.25, 0.3) is 0 Å². The Kier molecular flexibility index (Phi) is 4.11. The van der Waals surface area contributed by atoms with Crippen LogP contribution in [0.25, 0.3) is 5.69 Å². The van der Waals surface area contributed by atoms with Crippen molar-refractivity contribution in [3.63, 3.8) is 0 Å². The van der Waals surface area contributed by atoms with Crippen molar-refractivity contribution in [3.8, 4) is 17.5 Å². The van der Waals surface area contributed by atoms with Crippen LogP contribution in [0.15, 0.2) is 30.3 Å². The maximum Gasteiger partial charge on any atom is 0.0661 e. The van der Waals surface area contributed by atoms with Crippen LogP contribution in [-0.4, -0.2) is 15.5 Å². The molecule has 2 rings (SSSR count). The molecule has 1 heterocycles. The van der Waals surface area contributed by atoms with Crippen LogP contribution in [0.4, 0.5) is 0 Å². The zero-order valence-corrected chi connectivity index (χ0v) is 11.5. The number of hydrogen-bond acceptors (Lipinski definition) is 2. The first-order valence-corrected chi connectivity index (χ1v) is 6.57. The van der Waals surface area contributed by atoms with E-state index in [2.05, 4.69) is 48.6 Å². The summed E-state index contributed by atoms with van der Waals surface area (Å²) in [5.74, 6) is 7.03. The number of aryl methyl sites for hydroxylation is 2. The molecule has 0 aliphatic heterocycles. The van der Waals surface area contributed by atoms with Crippen molar-refractivity contribution >= 4 is 12.6 Å². The van der Waals surface area contributed by atoms with E-state index in [1.807, 2.05) is 29.8 Å². The van der Waals surface area contributed by atoms with E-state index >= 15 is 0 Å². The van der Waals surface area contributed by atoms with Gasteiger partial charge < -0.3 is 0 Å². The van der Waals surface area contributed by atoms with E-state index in [1.54, 1.807) is 0 Å². The van der Waals surface area contributed by atoms with E-state index in [1.165, 1.54) is 0 Å². The lowest BCUT2D eigenvalue weighted by Gasteiger charge is -2.04. The molecule has 0 saturated carbocycles. The van der Waals surface area contributed by atoms with Crippen LogP contribution in [0, 0.1) is 25.7 Å². The second-order valence-electron chi connectivity index (χ2n) is 4.16. The van der Waals surface area contributed by atoms with Crippen LogP contribution in [0.3, 0.4) is 0 Å². The summed E-state index contributed by atoms with van der Waals surface area (Å²) >= 11 is 4.14. The van der Waals surface area contributed by atoms with Gasteiger partial charge in [-0.15, -0.1) is 0 Å². The van der Waals surface area contributed by atoms with Gasteiger partial charge in [0.05, 0.1) is 11.4 Å². The lowest BCUT2D eigenvalue weighted by Crippen LogP contribution is -1.99. The fourth-order valence-electron chi connectivity index (χ4n) is 1.83. The molecule has 0 aliphatic carbocycles. The largest absolute Gasteiger partial charge is 0.238 e. The Morgan fingerprint density at radius 1 is 1.28 bits per heavy atom. The van der Waals surface area contributed by atoms with Crippen molar-refractivity contribution in [2.45, 2.75) is 20.3 Å². The van der Waals surface area contributed by atoms with Crippen molar-refractivity contribution < 1.29 is 0 Å². The molecule has 0 spiro atoms. The molecule has 0 atom stereocenters. The molecule has 0 saturated heterocycles. The molecule has 0 unspecified atom stereocenters. The predicted molar refractivity (Wildman–Crippen MR) is 78.4 cm³/mol. The van der Waals surface area contributed by atoms with Crippen LogP contribution in [0.5, 0.6) is 0 Å². The molecule has 0 N–H and O–H groups in total. The van der Waals surface area contributed by atoms with Gasteiger partial charge in [0.1, 0.15) is 0 Å². The summed E-state index contributed by atoms with van der Waals surface area (Å²) in [6.45, 7) is 4.05. The van der Waals surface area contributed by atoms with Gasteiger partial charge >= 0.3 is 0 Å². The number of rotatable bonds is 2.